The molecule has 1 aromatic heterocycles. The molecule has 3 nitrogen and oxygen atoms in total. The maximum Gasteiger partial charge on any atom is 0.416 e. The van der Waals surface area contributed by atoms with Crippen molar-refractivity contribution in [3.63, 3.8) is 0 Å². The highest BCUT2D eigenvalue weighted by atomic mass is 127. The minimum absolute atomic E-state index is 0.00434. The second-order valence-electron chi connectivity index (χ2n) is 4.47. The van der Waals surface area contributed by atoms with E-state index in [9.17, 15) is 31.4 Å². The molecule has 0 aliphatic carbocycles. The molecule has 2 atom stereocenters. The molecule has 154 valence electrons. The summed E-state index contributed by atoms with van der Waals surface area (Å²) in [6.45, 7) is 8.00. The standard InChI is InChI=1S/C12H8F6IN2OP.2C2H6/c13-11(14,15)6-1-2-7(8(5-6)12(16,17)18)10(22)9-3-4-21(20-9)23-19;2*1-2/h1-5,10,22-23H;2*1-2H3. The maximum atomic E-state index is 13.1. The summed E-state index contributed by atoms with van der Waals surface area (Å²) in [6, 6.07) is 2.44. The fourth-order valence-electron chi connectivity index (χ4n) is 1.91. The van der Waals surface area contributed by atoms with E-state index in [4.69, 9.17) is 0 Å². The number of aliphatic hydroxyl groups excluding tert-OH is 1. The molecule has 1 N–H and O–H groups in total. The number of aromatic nitrogens is 2. The van der Waals surface area contributed by atoms with E-state index in [-0.39, 0.29) is 18.1 Å². The highest BCUT2D eigenvalue weighted by molar-refractivity contribution is 14.2. The monoisotopic (exact) mass is 528 g/mol. The first-order valence-electron chi connectivity index (χ1n) is 7.92. The molecule has 2 aromatic rings. The lowest BCUT2D eigenvalue weighted by Gasteiger charge is -2.18. The second-order valence-corrected chi connectivity index (χ2v) is 6.54. The topological polar surface area (TPSA) is 38.0 Å². The van der Waals surface area contributed by atoms with E-state index in [1.54, 1.807) is 0 Å². The van der Waals surface area contributed by atoms with Gasteiger partial charge in [0.1, 0.15) is 6.10 Å². The Labute approximate surface area is 168 Å². The van der Waals surface area contributed by atoms with Crippen LogP contribution >= 0.6 is 28.4 Å². The molecule has 1 aromatic carbocycles. The van der Waals surface area contributed by atoms with Gasteiger partial charge in [0.2, 0.25) is 0 Å². The van der Waals surface area contributed by atoms with Crippen molar-refractivity contribution in [1.29, 1.82) is 0 Å². The number of hydrogen-bond donors (Lipinski definition) is 1. The summed E-state index contributed by atoms with van der Waals surface area (Å²) in [5.74, 6) is 0. The quantitative estimate of drug-likeness (QED) is 0.269. The van der Waals surface area contributed by atoms with Gasteiger partial charge in [-0.3, -0.25) is 0 Å². The minimum atomic E-state index is -5.04. The van der Waals surface area contributed by atoms with Crippen LogP contribution in [0, 0.1) is 0 Å². The lowest BCUT2D eigenvalue weighted by Crippen LogP contribution is -2.16. The van der Waals surface area contributed by atoms with Gasteiger partial charge in [-0.25, -0.2) is 4.45 Å². The normalized spacial score (nSPS) is 12.9. The first-order valence-corrected chi connectivity index (χ1v) is 12.0. The number of aliphatic hydroxyl groups is 1. The molecule has 2 unspecified atom stereocenters. The summed E-state index contributed by atoms with van der Waals surface area (Å²) in [5.41, 5.74) is -3.71. The van der Waals surface area contributed by atoms with Crippen LogP contribution in [0.2, 0.25) is 0 Å². The molecule has 0 bridgehead atoms. The fourth-order valence-corrected chi connectivity index (χ4v) is 3.00. The molecule has 11 heteroatoms. The van der Waals surface area contributed by atoms with E-state index < -0.39 is 35.1 Å². The number of alkyl halides is 6. The van der Waals surface area contributed by atoms with Crippen LogP contribution in [-0.2, 0) is 12.4 Å². The average molecular weight is 528 g/mol. The van der Waals surface area contributed by atoms with Crippen molar-refractivity contribution >= 4 is 28.4 Å². The van der Waals surface area contributed by atoms with Crippen molar-refractivity contribution in [2.75, 3.05) is 0 Å². The summed E-state index contributed by atoms with van der Waals surface area (Å²) in [6.07, 6.45) is -10.1. The zero-order valence-corrected chi connectivity index (χ0v) is 18.1. The van der Waals surface area contributed by atoms with Crippen LogP contribution in [0.3, 0.4) is 0 Å². The van der Waals surface area contributed by atoms with E-state index in [1.165, 1.54) is 16.7 Å². The summed E-state index contributed by atoms with van der Waals surface area (Å²) >= 11 is 1.98. The molecular formula is C16H20F6IN2OP. The van der Waals surface area contributed by atoms with Crippen molar-refractivity contribution in [3.8, 4) is 0 Å². The summed E-state index contributed by atoms with van der Waals surface area (Å²) in [5, 5.41) is 14.0. The van der Waals surface area contributed by atoms with E-state index in [1.807, 2.05) is 49.7 Å². The third-order valence-corrected chi connectivity index (χ3v) is 4.86. The maximum absolute atomic E-state index is 13.1. The molecule has 0 radical (unpaired) electrons. The average Bonchev–Trinajstić information content (AvgIpc) is 3.11. The first kappa shape index (κ1) is 26.1. The van der Waals surface area contributed by atoms with Crippen molar-refractivity contribution < 1.29 is 31.4 Å². The van der Waals surface area contributed by atoms with Gasteiger partial charge in [0.05, 0.1) is 23.2 Å². The smallest absolute Gasteiger partial charge is 0.382 e. The SMILES string of the molecule is CC.CC.OC(c1ccn(PI)n1)c1ccc(C(F)(F)F)cc1C(F)(F)F. The van der Waals surface area contributed by atoms with Crippen molar-refractivity contribution in [3.05, 3.63) is 52.8 Å². The highest BCUT2D eigenvalue weighted by Crippen LogP contribution is 2.40. The largest absolute Gasteiger partial charge is 0.416 e. The molecule has 0 spiro atoms. The Bertz CT molecular complexity index is 703. The van der Waals surface area contributed by atoms with Gasteiger partial charge in [0.25, 0.3) is 0 Å². The van der Waals surface area contributed by atoms with E-state index in [0.29, 0.717) is 12.1 Å². The molecule has 0 aliphatic heterocycles. The predicted molar refractivity (Wildman–Crippen MR) is 103 cm³/mol. The van der Waals surface area contributed by atoms with Crippen molar-refractivity contribution in [2.24, 2.45) is 0 Å². The molecule has 0 saturated carbocycles. The minimum Gasteiger partial charge on any atom is -0.382 e. The van der Waals surface area contributed by atoms with Gasteiger partial charge in [0, 0.05) is 6.20 Å². The number of nitrogens with zero attached hydrogens (tertiary/aromatic N) is 2. The van der Waals surface area contributed by atoms with Crippen molar-refractivity contribution in [2.45, 2.75) is 46.2 Å². The van der Waals surface area contributed by atoms with Gasteiger partial charge in [-0.2, -0.15) is 31.4 Å². The molecule has 1 heterocycles. The Morgan fingerprint density at radius 2 is 1.56 bits per heavy atom. The Morgan fingerprint density at radius 1 is 1.00 bits per heavy atom. The van der Waals surface area contributed by atoms with Crippen LogP contribution < -0.4 is 0 Å². The molecule has 0 saturated heterocycles. The highest BCUT2D eigenvalue weighted by Gasteiger charge is 2.39. The first-order chi connectivity index (χ1) is 12.5. The van der Waals surface area contributed by atoms with Crippen LogP contribution in [0.1, 0.15) is 56.2 Å². The molecular weight excluding hydrogens is 508 g/mol. The molecule has 0 fully saturated rings. The zero-order chi connectivity index (χ0) is 21.4. The third kappa shape index (κ3) is 7.23. The van der Waals surface area contributed by atoms with Crippen molar-refractivity contribution in [1.82, 2.24) is 9.55 Å². The van der Waals surface area contributed by atoms with Crippen LogP contribution in [0.5, 0.6) is 0 Å². The number of rotatable bonds is 3. The fraction of sp³-hybridized carbons (Fsp3) is 0.438. The van der Waals surface area contributed by atoms with Gasteiger partial charge in [0.15, 0.2) is 0 Å². The van der Waals surface area contributed by atoms with Gasteiger partial charge < -0.3 is 5.11 Å². The number of benzene rings is 1. The van der Waals surface area contributed by atoms with Crippen LogP contribution in [0.15, 0.2) is 30.5 Å². The Balaban J connectivity index is 0.00000158. The van der Waals surface area contributed by atoms with Gasteiger partial charge in [-0.15, -0.1) is 0 Å². The van der Waals surface area contributed by atoms with Crippen LogP contribution in [0.25, 0.3) is 0 Å². The van der Waals surface area contributed by atoms with E-state index in [2.05, 4.69) is 5.10 Å². The van der Waals surface area contributed by atoms with E-state index in [0.717, 1.165) is 0 Å². The zero-order valence-electron chi connectivity index (χ0n) is 15.0. The number of halogens is 7. The van der Waals surface area contributed by atoms with Gasteiger partial charge in [-0.05, 0) is 45.8 Å². The van der Waals surface area contributed by atoms with Gasteiger partial charge >= 0.3 is 12.4 Å². The summed E-state index contributed by atoms with van der Waals surface area (Å²) in [4.78, 5) is 0. The van der Waals surface area contributed by atoms with Crippen LogP contribution in [-0.4, -0.2) is 14.7 Å². The number of hydrogen-bond acceptors (Lipinski definition) is 2. The Hall–Kier alpha value is -0.870. The predicted octanol–water partition coefficient (Wildman–Crippen LogP) is 6.85. The van der Waals surface area contributed by atoms with Crippen LogP contribution in [0.4, 0.5) is 26.3 Å². The summed E-state index contributed by atoms with van der Waals surface area (Å²) in [7, 11) is 0. The lowest BCUT2D eigenvalue weighted by atomic mass is 9.97. The summed E-state index contributed by atoms with van der Waals surface area (Å²) < 4.78 is 78.4. The Morgan fingerprint density at radius 3 is 1.96 bits per heavy atom. The third-order valence-electron chi connectivity index (χ3n) is 2.96. The Kier molecular flexibility index (Phi) is 10.8. The lowest BCUT2D eigenvalue weighted by molar-refractivity contribution is -0.144. The molecule has 0 aliphatic rings. The second kappa shape index (κ2) is 11.2. The molecule has 0 amide bonds. The van der Waals surface area contributed by atoms with Gasteiger partial charge in [-0.1, -0.05) is 33.8 Å². The molecule has 27 heavy (non-hydrogen) atoms. The van der Waals surface area contributed by atoms with E-state index >= 15 is 0 Å². The molecule has 2 rings (SSSR count).